The summed E-state index contributed by atoms with van der Waals surface area (Å²) in [6, 6.07) is 4.77. The Morgan fingerprint density at radius 2 is 2.17 bits per heavy atom. The van der Waals surface area contributed by atoms with Gasteiger partial charge in [0.1, 0.15) is 0 Å². The van der Waals surface area contributed by atoms with E-state index >= 15 is 0 Å². The molecule has 1 rings (SSSR count). The molecule has 0 spiro atoms. The van der Waals surface area contributed by atoms with Gasteiger partial charge in [0.25, 0.3) is 0 Å². The van der Waals surface area contributed by atoms with Crippen LogP contribution in [0, 0.1) is 5.82 Å². The Hall–Kier alpha value is -1.78. The van der Waals surface area contributed by atoms with Gasteiger partial charge < -0.3 is 14.7 Å². The highest BCUT2D eigenvalue weighted by molar-refractivity contribution is 5.66. The predicted octanol–water partition coefficient (Wildman–Crippen LogP) is 2.53. The number of halogens is 1. The number of carbonyl (C=O) groups is 1. The van der Waals surface area contributed by atoms with Crippen molar-refractivity contribution in [3.8, 4) is 5.75 Å². The molecule has 18 heavy (non-hydrogen) atoms. The Morgan fingerprint density at radius 1 is 1.44 bits per heavy atom. The first-order valence-electron chi connectivity index (χ1n) is 5.81. The molecular formula is C13H18FNO3. The number of aliphatic carboxylic acids is 1. The molecule has 1 aromatic carbocycles. The van der Waals surface area contributed by atoms with Gasteiger partial charge in [0.2, 0.25) is 0 Å². The molecule has 0 unspecified atom stereocenters. The minimum atomic E-state index is -0.784. The van der Waals surface area contributed by atoms with E-state index in [-0.39, 0.29) is 12.2 Å². The zero-order valence-electron chi connectivity index (χ0n) is 10.6. The zero-order valence-corrected chi connectivity index (χ0v) is 10.6. The number of hydrogen-bond acceptors (Lipinski definition) is 3. The molecule has 0 heterocycles. The van der Waals surface area contributed by atoms with E-state index in [2.05, 4.69) is 0 Å². The van der Waals surface area contributed by atoms with Crippen LogP contribution in [0.5, 0.6) is 5.75 Å². The SMILES string of the molecule is COc1ccc(N(C)CCCCC(=O)O)cc1F. The van der Waals surface area contributed by atoms with Crippen LogP contribution in [0.3, 0.4) is 0 Å². The summed E-state index contributed by atoms with van der Waals surface area (Å²) < 4.78 is 18.3. The number of hydrogen-bond donors (Lipinski definition) is 1. The molecular weight excluding hydrogens is 237 g/mol. The Kier molecular flexibility index (Phi) is 5.42. The largest absolute Gasteiger partial charge is 0.494 e. The minimum Gasteiger partial charge on any atom is -0.494 e. The molecule has 0 amide bonds. The van der Waals surface area contributed by atoms with Gasteiger partial charge in [-0.05, 0) is 25.0 Å². The molecule has 0 radical (unpaired) electrons. The molecule has 4 nitrogen and oxygen atoms in total. The van der Waals surface area contributed by atoms with Crippen LogP contribution >= 0.6 is 0 Å². The van der Waals surface area contributed by atoms with Gasteiger partial charge in [-0.3, -0.25) is 4.79 Å². The van der Waals surface area contributed by atoms with Gasteiger partial charge in [0.05, 0.1) is 7.11 Å². The zero-order chi connectivity index (χ0) is 13.5. The molecule has 100 valence electrons. The lowest BCUT2D eigenvalue weighted by Gasteiger charge is -2.19. The van der Waals surface area contributed by atoms with Crippen LogP contribution in [0.25, 0.3) is 0 Å². The fourth-order valence-electron chi connectivity index (χ4n) is 1.65. The van der Waals surface area contributed by atoms with Gasteiger partial charge in [-0.25, -0.2) is 4.39 Å². The smallest absolute Gasteiger partial charge is 0.303 e. The average Bonchev–Trinajstić information content (AvgIpc) is 2.34. The predicted molar refractivity (Wildman–Crippen MR) is 67.7 cm³/mol. The van der Waals surface area contributed by atoms with Crippen LogP contribution in [0.2, 0.25) is 0 Å². The van der Waals surface area contributed by atoms with Crippen LogP contribution < -0.4 is 9.64 Å². The summed E-state index contributed by atoms with van der Waals surface area (Å²) >= 11 is 0. The number of ether oxygens (including phenoxy) is 1. The molecule has 0 atom stereocenters. The Balaban J connectivity index is 2.48. The van der Waals surface area contributed by atoms with E-state index in [1.807, 2.05) is 11.9 Å². The van der Waals surface area contributed by atoms with Crippen LogP contribution in [0.4, 0.5) is 10.1 Å². The number of rotatable bonds is 7. The van der Waals surface area contributed by atoms with Gasteiger partial charge >= 0.3 is 5.97 Å². The van der Waals surface area contributed by atoms with Crippen molar-refractivity contribution in [1.29, 1.82) is 0 Å². The van der Waals surface area contributed by atoms with Gasteiger partial charge in [0.15, 0.2) is 11.6 Å². The third-order valence-corrected chi connectivity index (χ3v) is 2.71. The number of unbranched alkanes of at least 4 members (excludes halogenated alkanes) is 1. The van der Waals surface area contributed by atoms with E-state index in [0.29, 0.717) is 13.0 Å². The normalized spacial score (nSPS) is 10.2. The Labute approximate surface area is 106 Å². The maximum Gasteiger partial charge on any atom is 0.303 e. The van der Waals surface area contributed by atoms with Crippen LogP contribution in [0.15, 0.2) is 18.2 Å². The van der Waals surface area contributed by atoms with Crippen LogP contribution in [0.1, 0.15) is 19.3 Å². The molecule has 0 saturated carbocycles. The van der Waals surface area contributed by atoms with E-state index in [1.165, 1.54) is 13.2 Å². The van der Waals surface area contributed by atoms with Crippen molar-refractivity contribution < 1.29 is 19.0 Å². The summed E-state index contributed by atoms with van der Waals surface area (Å²) in [5.74, 6) is -0.960. The molecule has 0 saturated heterocycles. The molecule has 1 aromatic rings. The topological polar surface area (TPSA) is 49.8 Å². The number of carboxylic acid groups (broad SMARTS) is 1. The van der Waals surface area contributed by atoms with Crippen molar-refractivity contribution in [3.05, 3.63) is 24.0 Å². The monoisotopic (exact) mass is 255 g/mol. The fraction of sp³-hybridized carbons (Fsp3) is 0.462. The maximum absolute atomic E-state index is 13.5. The van der Waals surface area contributed by atoms with Gasteiger partial charge in [-0.1, -0.05) is 0 Å². The van der Waals surface area contributed by atoms with Crippen molar-refractivity contribution in [3.63, 3.8) is 0 Å². The summed E-state index contributed by atoms with van der Waals surface area (Å²) in [5.41, 5.74) is 0.753. The highest BCUT2D eigenvalue weighted by atomic mass is 19.1. The third-order valence-electron chi connectivity index (χ3n) is 2.71. The molecule has 5 heteroatoms. The van der Waals surface area contributed by atoms with Crippen LogP contribution in [-0.2, 0) is 4.79 Å². The highest BCUT2D eigenvalue weighted by Gasteiger charge is 2.07. The summed E-state index contributed by atoms with van der Waals surface area (Å²) in [6.45, 7) is 0.694. The second-order valence-corrected chi connectivity index (χ2v) is 4.09. The van der Waals surface area contributed by atoms with E-state index < -0.39 is 11.8 Å². The van der Waals surface area contributed by atoms with Crippen LogP contribution in [-0.4, -0.2) is 31.8 Å². The van der Waals surface area contributed by atoms with E-state index in [4.69, 9.17) is 9.84 Å². The highest BCUT2D eigenvalue weighted by Crippen LogP contribution is 2.22. The standard InChI is InChI=1S/C13H18FNO3/c1-15(8-4-3-5-13(16)17)10-6-7-12(18-2)11(14)9-10/h6-7,9H,3-5,8H2,1-2H3,(H,16,17). The number of methoxy groups -OCH3 is 1. The summed E-state index contributed by atoms with van der Waals surface area (Å²) in [5, 5.41) is 8.51. The van der Waals surface area contributed by atoms with E-state index in [1.54, 1.807) is 12.1 Å². The molecule has 0 aliphatic carbocycles. The summed E-state index contributed by atoms with van der Waals surface area (Å²) in [6.07, 6.45) is 1.56. The first kappa shape index (κ1) is 14.3. The van der Waals surface area contributed by atoms with Gasteiger partial charge in [-0.2, -0.15) is 0 Å². The first-order chi connectivity index (χ1) is 8.54. The third kappa shape index (κ3) is 4.24. The van der Waals surface area contributed by atoms with E-state index in [0.717, 1.165) is 12.1 Å². The van der Waals surface area contributed by atoms with Crippen molar-refractivity contribution in [1.82, 2.24) is 0 Å². The van der Waals surface area contributed by atoms with E-state index in [9.17, 15) is 9.18 Å². The first-order valence-corrected chi connectivity index (χ1v) is 5.81. The molecule has 0 aromatic heterocycles. The number of nitrogens with zero attached hydrogens (tertiary/aromatic N) is 1. The Morgan fingerprint density at radius 3 is 2.72 bits per heavy atom. The molecule has 0 aliphatic rings. The minimum absolute atomic E-state index is 0.171. The molecule has 0 aliphatic heterocycles. The second kappa shape index (κ2) is 6.83. The summed E-state index contributed by atoms with van der Waals surface area (Å²) in [7, 11) is 3.27. The molecule has 0 bridgehead atoms. The summed E-state index contributed by atoms with van der Waals surface area (Å²) in [4.78, 5) is 12.2. The molecule has 0 fully saturated rings. The fourth-order valence-corrected chi connectivity index (χ4v) is 1.65. The Bertz CT molecular complexity index is 409. The maximum atomic E-state index is 13.5. The van der Waals surface area contributed by atoms with Gasteiger partial charge in [0, 0.05) is 31.8 Å². The lowest BCUT2D eigenvalue weighted by atomic mass is 10.2. The van der Waals surface area contributed by atoms with Crippen molar-refractivity contribution in [2.45, 2.75) is 19.3 Å². The van der Waals surface area contributed by atoms with Crippen molar-refractivity contribution >= 4 is 11.7 Å². The average molecular weight is 255 g/mol. The van der Waals surface area contributed by atoms with Gasteiger partial charge in [-0.15, -0.1) is 0 Å². The number of carboxylic acids is 1. The lowest BCUT2D eigenvalue weighted by Crippen LogP contribution is -2.18. The van der Waals surface area contributed by atoms with Crippen molar-refractivity contribution in [2.75, 3.05) is 25.6 Å². The molecule has 1 N–H and O–H groups in total. The number of anilines is 1. The lowest BCUT2D eigenvalue weighted by molar-refractivity contribution is -0.137. The number of benzene rings is 1. The second-order valence-electron chi connectivity index (χ2n) is 4.09. The van der Waals surface area contributed by atoms with Crippen molar-refractivity contribution in [2.24, 2.45) is 0 Å². The quantitative estimate of drug-likeness (QED) is 0.761.